The molecule has 114 valence electrons. The van der Waals surface area contributed by atoms with Gasteiger partial charge in [-0.25, -0.2) is 4.68 Å². The largest absolute Gasteiger partial charge is 0.490 e. The Morgan fingerprint density at radius 3 is 2.90 bits per heavy atom. The van der Waals surface area contributed by atoms with Crippen molar-refractivity contribution in [2.45, 2.75) is 33.0 Å². The minimum Gasteiger partial charge on any atom is -0.490 e. The number of aromatic nitrogens is 3. The van der Waals surface area contributed by atoms with E-state index in [4.69, 9.17) is 27.9 Å². The molecule has 0 unspecified atom stereocenters. The van der Waals surface area contributed by atoms with Gasteiger partial charge in [-0.05, 0) is 12.1 Å². The van der Waals surface area contributed by atoms with Gasteiger partial charge in [0.2, 0.25) is 0 Å². The van der Waals surface area contributed by atoms with Crippen LogP contribution in [0.1, 0.15) is 19.5 Å². The Morgan fingerprint density at radius 1 is 1.33 bits per heavy atom. The second-order valence-corrected chi connectivity index (χ2v) is 5.78. The monoisotopic (exact) mass is 328 g/mol. The number of nitrogens with zero attached hydrogens (tertiary/aromatic N) is 3. The lowest BCUT2D eigenvalue weighted by molar-refractivity contribution is 0.290. The van der Waals surface area contributed by atoms with Crippen molar-refractivity contribution in [1.82, 2.24) is 20.3 Å². The predicted molar refractivity (Wildman–Crippen MR) is 84.0 cm³/mol. The lowest BCUT2D eigenvalue weighted by Gasteiger charge is -2.08. The first-order chi connectivity index (χ1) is 10.0. The molecular weight excluding hydrogens is 311 g/mol. The molecular formula is C14H18Cl2N4O. The molecule has 1 aromatic carbocycles. The van der Waals surface area contributed by atoms with Crippen LogP contribution in [0.3, 0.4) is 0 Å². The number of rotatable bonds is 7. The van der Waals surface area contributed by atoms with E-state index in [0.717, 1.165) is 5.69 Å². The Balaban J connectivity index is 1.82. The summed E-state index contributed by atoms with van der Waals surface area (Å²) in [6, 6.07) is 5.55. The van der Waals surface area contributed by atoms with E-state index in [-0.39, 0.29) is 0 Å². The van der Waals surface area contributed by atoms with Gasteiger partial charge in [0, 0.05) is 29.9 Å². The maximum absolute atomic E-state index is 6.03. The summed E-state index contributed by atoms with van der Waals surface area (Å²) in [4.78, 5) is 0. The zero-order valence-electron chi connectivity index (χ0n) is 12.0. The van der Waals surface area contributed by atoms with Gasteiger partial charge in [-0.2, -0.15) is 0 Å². The first-order valence-corrected chi connectivity index (χ1v) is 7.50. The van der Waals surface area contributed by atoms with E-state index < -0.39 is 0 Å². The fourth-order valence-corrected chi connectivity index (χ4v) is 2.01. The topological polar surface area (TPSA) is 52.0 Å². The van der Waals surface area contributed by atoms with Crippen molar-refractivity contribution in [2.24, 2.45) is 0 Å². The molecule has 0 bridgehead atoms. The lowest BCUT2D eigenvalue weighted by Crippen LogP contribution is -2.21. The molecule has 1 N–H and O–H groups in total. The van der Waals surface area contributed by atoms with E-state index in [9.17, 15) is 0 Å². The molecule has 1 aromatic heterocycles. The van der Waals surface area contributed by atoms with Crippen LogP contribution in [0.25, 0.3) is 0 Å². The molecule has 0 saturated carbocycles. The summed E-state index contributed by atoms with van der Waals surface area (Å²) in [5.74, 6) is 0.575. The van der Waals surface area contributed by atoms with Crippen LogP contribution < -0.4 is 10.1 Å². The molecule has 0 aliphatic heterocycles. The minimum atomic E-state index is 0.420. The van der Waals surface area contributed by atoms with E-state index >= 15 is 0 Å². The molecule has 0 fully saturated rings. The summed E-state index contributed by atoms with van der Waals surface area (Å²) in [6.45, 7) is 5.93. The Kier molecular flexibility index (Phi) is 5.85. The average molecular weight is 329 g/mol. The molecule has 0 amide bonds. The van der Waals surface area contributed by atoms with Gasteiger partial charge in [-0.1, -0.05) is 42.3 Å². The summed E-state index contributed by atoms with van der Waals surface area (Å²) < 4.78 is 7.35. The van der Waals surface area contributed by atoms with Crippen molar-refractivity contribution >= 4 is 23.2 Å². The van der Waals surface area contributed by atoms with Gasteiger partial charge < -0.3 is 10.1 Å². The number of nitrogens with one attached hydrogen (secondary N) is 1. The highest BCUT2D eigenvalue weighted by molar-refractivity contribution is 6.34. The Labute approximate surface area is 134 Å². The zero-order valence-corrected chi connectivity index (χ0v) is 13.5. The quantitative estimate of drug-likeness (QED) is 0.848. The summed E-state index contributed by atoms with van der Waals surface area (Å²) >= 11 is 11.9. The van der Waals surface area contributed by atoms with Crippen LogP contribution in [-0.2, 0) is 13.1 Å². The van der Waals surface area contributed by atoms with Gasteiger partial charge in [0.1, 0.15) is 12.4 Å². The number of halogens is 2. The van der Waals surface area contributed by atoms with Crippen LogP contribution in [0.2, 0.25) is 10.0 Å². The second kappa shape index (κ2) is 7.64. The molecule has 0 saturated heterocycles. The van der Waals surface area contributed by atoms with Crippen molar-refractivity contribution < 1.29 is 4.74 Å². The molecule has 7 heteroatoms. The van der Waals surface area contributed by atoms with Gasteiger partial charge in [0.25, 0.3) is 0 Å². The highest BCUT2D eigenvalue weighted by atomic mass is 35.5. The van der Waals surface area contributed by atoms with E-state index in [0.29, 0.717) is 41.5 Å². The Bertz CT molecular complexity index is 586. The molecule has 0 aliphatic rings. The van der Waals surface area contributed by atoms with E-state index in [1.54, 1.807) is 22.9 Å². The molecule has 0 radical (unpaired) electrons. The molecule has 1 heterocycles. The molecule has 5 nitrogen and oxygen atoms in total. The number of ether oxygens (including phenoxy) is 1. The number of benzene rings is 1. The molecule has 0 aliphatic carbocycles. The van der Waals surface area contributed by atoms with E-state index in [1.165, 1.54) is 0 Å². The van der Waals surface area contributed by atoms with Crippen LogP contribution >= 0.6 is 23.2 Å². The summed E-state index contributed by atoms with van der Waals surface area (Å²) in [5.41, 5.74) is 0.907. The van der Waals surface area contributed by atoms with Crippen molar-refractivity contribution in [3.8, 4) is 5.75 Å². The van der Waals surface area contributed by atoms with Gasteiger partial charge in [0.05, 0.1) is 17.3 Å². The first kappa shape index (κ1) is 16.1. The highest BCUT2D eigenvalue weighted by Gasteiger charge is 2.04. The third kappa shape index (κ3) is 5.19. The summed E-state index contributed by atoms with van der Waals surface area (Å²) in [6.07, 6.45) is 1.90. The number of hydrogen-bond donors (Lipinski definition) is 1. The van der Waals surface area contributed by atoms with Crippen LogP contribution in [0, 0.1) is 0 Å². The second-order valence-electron chi connectivity index (χ2n) is 4.93. The van der Waals surface area contributed by atoms with Gasteiger partial charge >= 0.3 is 0 Å². The lowest BCUT2D eigenvalue weighted by atomic mass is 10.3. The van der Waals surface area contributed by atoms with Crippen molar-refractivity contribution in [3.05, 3.63) is 40.1 Å². The fourth-order valence-electron chi connectivity index (χ4n) is 1.67. The fraction of sp³-hybridized carbons (Fsp3) is 0.429. The summed E-state index contributed by atoms with van der Waals surface area (Å²) in [7, 11) is 0. The smallest absolute Gasteiger partial charge is 0.139 e. The van der Waals surface area contributed by atoms with E-state index in [1.807, 2.05) is 6.20 Å². The third-order valence-electron chi connectivity index (χ3n) is 2.75. The molecule has 0 spiro atoms. The molecule has 2 rings (SSSR count). The maximum atomic E-state index is 6.03. The van der Waals surface area contributed by atoms with Crippen LogP contribution in [0.4, 0.5) is 0 Å². The molecule has 2 aromatic rings. The molecule has 21 heavy (non-hydrogen) atoms. The predicted octanol–water partition coefficient (Wildman–Crippen LogP) is 3.16. The SMILES string of the molecule is CC(C)NCc1cn(CCOc2cc(Cl)ccc2Cl)nn1. The summed E-state index contributed by atoms with van der Waals surface area (Å²) in [5, 5.41) is 12.6. The highest BCUT2D eigenvalue weighted by Crippen LogP contribution is 2.27. The van der Waals surface area contributed by atoms with Gasteiger partial charge in [-0.15, -0.1) is 5.10 Å². The normalized spacial score (nSPS) is 11.1. The Hall–Kier alpha value is -1.30. The third-order valence-corrected chi connectivity index (χ3v) is 3.30. The van der Waals surface area contributed by atoms with Crippen LogP contribution in [-0.4, -0.2) is 27.6 Å². The van der Waals surface area contributed by atoms with Gasteiger partial charge in [-0.3, -0.25) is 0 Å². The van der Waals surface area contributed by atoms with Crippen molar-refractivity contribution in [3.63, 3.8) is 0 Å². The van der Waals surface area contributed by atoms with Gasteiger partial charge in [0.15, 0.2) is 0 Å². The Morgan fingerprint density at radius 2 is 2.14 bits per heavy atom. The van der Waals surface area contributed by atoms with Crippen LogP contribution in [0.5, 0.6) is 5.75 Å². The van der Waals surface area contributed by atoms with Crippen molar-refractivity contribution in [1.29, 1.82) is 0 Å². The first-order valence-electron chi connectivity index (χ1n) is 6.75. The van der Waals surface area contributed by atoms with E-state index in [2.05, 4.69) is 29.5 Å². The van der Waals surface area contributed by atoms with Crippen LogP contribution in [0.15, 0.2) is 24.4 Å². The average Bonchev–Trinajstić information content (AvgIpc) is 2.88. The molecule has 0 atom stereocenters. The standard InChI is InChI=1S/C14H18Cl2N4O/c1-10(2)17-8-12-9-20(19-18-12)5-6-21-14-7-11(15)3-4-13(14)16/h3-4,7,9-10,17H,5-6,8H2,1-2H3. The number of hydrogen-bond acceptors (Lipinski definition) is 4. The zero-order chi connectivity index (χ0) is 15.2. The van der Waals surface area contributed by atoms with Crippen molar-refractivity contribution in [2.75, 3.05) is 6.61 Å². The maximum Gasteiger partial charge on any atom is 0.139 e. The minimum absolute atomic E-state index is 0.420.